The lowest BCUT2D eigenvalue weighted by Crippen LogP contribution is -2.28. The van der Waals surface area contributed by atoms with Gasteiger partial charge in [-0.15, -0.1) is 0 Å². The van der Waals surface area contributed by atoms with Gasteiger partial charge in [0.15, 0.2) is 0 Å². The van der Waals surface area contributed by atoms with E-state index in [9.17, 15) is 0 Å². The summed E-state index contributed by atoms with van der Waals surface area (Å²) >= 11 is 0. The Balaban J connectivity index is 0.936. The molecule has 1 aliphatic rings. The quantitative estimate of drug-likeness (QED) is 0.140. The van der Waals surface area contributed by atoms with Gasteiger partial charge in [-0.05, 0) is 133 Å². The van der Waals surface area contributed by atoms with Crippen LogP contribution in [0.4, 0.5) is 17.1 Å². The first-order chi connectivity index (χ1) is 34.2. The highest BCUT2D eigenvalue weighted by atomic mass is 15.1. The second-order valence-electron chi connectivity index (χ2n) is 18.1. The molecule has 0 saturated carbocycles. The fraction of sp³-hybridized carbons (Fsp3) is 0.0149. The van der Waals surface area contributed by atoms with Crippen LogP contribution in [-0.4, -0.2) is 4.57 Å². The maximum atomic E-state index is 2.45. The first-order valence-electron chi connectivity index (χ1n) is 23.8. The molecule has 2 nitrogen and oxygen atoms in total. The smallest absolute Gasteiger partial charge is 0.0714 e. The molecule has 0 aliphatic heterocycles. The summed E-state index contributed by atoms with van der Waals surface area (Å²) in [4.78, 5) is 2.43. The van der Waals surface area contributed by atoms with Gasteiger partial charge in [0.25, 0.3) is 0 Å². The van der Waals surface area contributed by atoms with Crippen LogP contribution < -0.4 is 4.90 Å². The highest BCUT2D eigenvalue weighted by Gasteiger charge is 2.46. The average Bonchev–Trinajstić information content (AvgIpc) is 3.92. The Morgan fingerprint density at radius 2 is 0.768 bits per heavy atom. The van der Waals surface area contributed by atoms with Crippen molar-refractivity contribution < 1.29 is 0 Å². The summed E-state index contributed by atoms with van der Waals surface area (Å²) in [5.41, 5.74) is 21.0. The molecule has 0 saturated heterocycles. The number of aromatic nitrogens is 1. The fourth-order valence-corrected chi connectivity index (χ4v) is 11.2. The summed E-state index contributed by atoms with van der Waals surface area (Å²) in [5, 5.41) is 2.51. The van der Waals surface area contributed by atoms with Crippen LogP contribution in [0.15, 0.2) is 279 Å². The van der Waals surface area contributed by atoms with Gasteiger partial charge in [-0.2, -0.15) is 0 Å². The van der Waals surface area contributed by atoms with E-state index in [0.29, 0.717) is 0 Å². The van der Waals surface area contributed by atoms with E-state index in [4.69, 9.17) is 0 Å². The lowest BCUT2D eigenvalue weighted by Gasteiger charge is -2.35. The Morgan fingerprint density at radius 3 is 1.51 bits per heavy atom. The molecule has 0 spiro atoms. The largest absolute Gasteiger partial charge is 0.310 e. The van der Waals surface area contributed by atoms with Crippen molar-refractivity contribution in [2.45, 2.75) is 5.41 Å². The van der Waals surface area contributed by atoms with Gasteiger partial charge >= 0.3 is 0 Å². The van der Waals surface area contributed by atoms with Crippen molar-refractivity contribution in [3.05, 3.63) is 301 Å². The van der Waals surface area contributed by atoms with Crippen LogP contribution in [0.25, 0.3) is 72.0 Å². The van der Waals surface area contributed by atoms with Gasteiger partial charge in [0, 0.05) is 33.5 Å². The summed E-state index contributed by atoms with van der Waals surface area (Å²) in [6, 6.07) is 102. The van der Waals surface area contributed by atoms with Crippen LogP contribution in [0.3, 0.4) is 0 Å². The van der Waals surface area contributed by atoms with E-state index >= 15 is 0 Å². The molecule has 0 atom stereocenters. The molecule has 0 amide bonds. The van der Waals surface area contributed by atoms with E-state index in [1.165, 1.54) is 83.0 Å². The SMILES string of the molecule is c1ccc(-c2cccc(N(c3ccc(-c4cccc(-c5ccc6c7ccccc7n(-c7ccccc7)c6c5)c4)cc3)c3ccc4c(c3)C(c3ccccc3)(c3ccccc3)c3ccccc3-4)c2)cc1. The Kier molecular flexibility index (Phi) is 9.77. The van der Waals surface area contributed by atoms with Crippen molar-refractivity contribution in [3.63, 3.8) is 0 Å². The van der Waals surface area contributed by atoms with Gasteiger partial charge in [0.1, 0.15) is 0 Å². The fourth-order valence-electron chi connectivity index (χ4n) is 11.2. The van der Waals surface area contributed by atoms with Gasteiger partial charge in [0.2, 0.25) is 0 Å². The molecule has 0 radical (unpaired) electrons. The molecule has 0 fully saturated rings. The Hall–Kier alpha value is -8.98. The van der Waals surface area contributed by atoms with Gasteiger partial charge in [0.05, 0.1) is 16.4 Å². The molecule has 1 aromatic heterocycles. The maximum Gasteiger partial charge on any atom is 0.0714 e. The van der Waals surface area contributed by atoms with Crippen LogP contribution >= 0.6 is 0 Å². The summed E-state index contributed by atoms with van der Waals surface area (Å²) in [5.74, 6) is 0. The molecular weight excluding hydrogens is 833 g/mol. The van der Waals surface area contributed by atoms with Gasteiger partial charge in [-0.25, -0.2) is 0 Å². The Labute approximate surface area is 403 Å². The standard InChI is InChI=1S/C67H46N2/c1-5-19-47(20-6-1)51-23-18-30-57(44-51)68(58-40-42-60-59-31-13-15-33-63(59)67(64(60)46-58,53-24-7-2-8-25-53)54-26-9-3-10-27-54)56-38-35-48(36-39-56)49-21-17-22-50(43-49)52-37-41-62-61-32-14-16-34-65(61)69(66(62)45-52)55-28-11-4-12-29-55/h1-46H. The molecule has 69 heavy (non-hydrogen) atoms. The van der Waals surface area contributed by atoms with Gasteiger partial charge in [-0.1, -0.05) is 212 Å². The molecule has 0 N–H and O–H groups in total. The third-order valence-electron chi connectivity index (χ3n) is 14.3. The number of benzene rings is 11. The minimum atomic E-state index is -0.514. The number of hydrogen-bond acceptors (Lipinski definition) is 1. The lowest BCUT2D eigenvalue weighted by molar-refractivity contribution is 0.768. The molecule has 11 aromatic carbocycles. The van der Waals surface area contributed by atoms with Crippen LogP contribution in [-0.2, 0) is 5.41 Å². The molecule has 1 aliphatic carbocycles. The zero-order chi connectivity index (χ0) is 45.7. The number of fused-ring (bicyclic) bond motifs is 6. The summed E-state index contributed by atoms with van der Waals surface area (Å²) < 4.78 is 2.39. The zero-order valence-corrected chi connectivity index (χ0v) is 38.0. The minimum absolute atomic E-state index is 0.514. The van der Waals surface area contributed by atoms with E-state index in [1.54, 1.807) is 0 Å². The van der Waals surface area contributed by atoms with Crippen molar-refractivity contribution in [3.8, 4) is 50.2 Å². The van der Waals surface area contributed by atoms with Crippen molar-refractivity contribution in [1.82, 2.24) is 4.57 Å². The summed E-state index contributed by atoms with van der Waals surface area (Å²) in [6.07, 6.45) is 0. The summed E-state index contributed by atoms with van der Waals surface area (Å²) in [6.45, 7) is 0. The minimum Gasteiger partial charge on any atom is -0.310 e. The highest BCUT2D eigenvalue weighted by molar-refractivity contribution is 6.10. The second kappa shape index (κ2) is 16.7. The van der Waals surface area contributed by atoms with Crippen LogP contribution in [0.1, 0.15) is 22.3 Å². The molecular formula is C67H46N2. The Morgan fingerprint density at radius 1 is 0.275 bits per heavy atom. The van der Waals surface area contributed by atoms with Gasteiger partial charge < -0.3 is 9.47 Å². The topological polar surface area (TPSA) is 8.17 Å². The number of para-hydroxylation sites is 2. The van der Waals surface area contributed by atoms with Crippen molar-refractivity contribution in [2.75, 3.05) is 4.90 Å². The number of anilines is 3. The molecule has 0 bridgehead atoms. The van der Waals surface area contributed by atoms with E-state index < -0.39 is 5.41 Å². The molecule has 0 unspecified atom stereocenters. The number of rotatable bonds is 9. The number of hydrogen-bond donors (Lipinski definition) is 0. The summed E-state index contributed by atoms with van der Waals surface area (Å²) in [7, 11) is 0. The van der Waals surface area contributed by atoms with Crippen molar-refractivity contribution in [2.24, 2.45) is 0 Å². The number of nitrogens with zero attached hydrogens (tertiary/aromatic N) is 2. The first kappa shape index (κ1) is 40.3. The van der Waals surface area contributed by atoms with E-state index in [2.05, 4.69) is 289 Å². The highest BCUT2D eigenvalue weighted by Crippen LogP contribution is 2.57. The van der Waals surface area contributed by atoms with Crippen LogP contribution in [0.5, 0.6) is 0 Å². The van der Waals surface area contributed by atoms with E-state index in [0.717, 1.165) is 28.3 Å². The molecule has 2 heteroatoms. The second-order valence-corrected chi connectivity index (χ2v) is 18.1. The monoisotopic (exact) mass is 878 g/mol. The zero-order valence-electron chi connectivity index (χ0n) is 38.0. The van der Waals surface area contributed by atoms with Crippen molar-refractivity contribution >= 4 is 38.9 Å². The first-order valence-corrected chi connectivity index (χ1v) is 23.8. The predicted octanol–water partition coefficient (Wildman–Crippen LogP) is 17.6. The third kappa shape index (κ3) is 6.72. The molecule has 1 heterocycles. The van der Waals surface area contributed by atoms with Crippen LogP contribution in [0, 0.1) is 0 Å². The lowest BCUT2D eigenvalue weighted by atomic mass is 9.67. The molecule has 12 aromatic rings. The maximum absolute atomic E-state index is 2.45. The van der Waals surface area contributed by atoms with Crippen LogP contribution in [0.2, 0.25) is 0 Å². The van der Waals surface area contributed by atoms with Gasteiger partial charge in [-0.3, -0.25) is 0 Å². The Bertz CT molecular complexity index is 3780. The normalized spacial score (nSPS) is 12.5. The average molecular weight is 879 g/mol. The van der Waals surface area contributed by atoms with E-state index in [1.807, 2.05) is 0 Å². The molecule has 324 valence electrons. The molecule has 13 rings (SSSR count). The third-order valence-corrected chi connectivity index (χ3v) is 14.3. The van der Waals surface area contributed by atoms with Crippen molar-refractivity contribution in [1.29, 1.82) is 0 Å². The van der Waals surface area contributed by atoms with E-state index in [-0.39, 0.29) is 0 Å². The predicted molar refractivity (Wildman–Crippen MR) is 289 cm³/mol.